The molecule has 0 radical (unpaired) electrons. The molecule has 0 atom stereocenters. The summed E-state index contributed by atoms with van der Waals surface area (Å²) in [5.74, 6) is 1.32. The largest absolute Gasteiger partial charge is 0.370 e. The molecule has 1 saturated heterocycles. The van der Waals surface area contributed by atoms with Gasteiger partial charge in [0.25, 0.3) is 0 Å². The van der Waals surface area contributed by atoms with Gasteiger partial charge in [0.1, 0.15) is 0 Å². The maximum absolute atomic E-state index is 5.96. The van der Waals surface area contributed by atoms with E-state index in [-0.39, 0.29) is 24.0 Å². The number of aliphatic imine (C=N–C) groups is 1. The number of guanidine groups is 1. The first kappa shape index (κ1) is 19.2. The van der Waals surface area contributed by atoms with Gasteiger partial charge in [0.2, 0.25) is 0 Å². The number of aryl methyl sites for hydroxylation is 2. The quantitative estimate of drug-likeness (QED) is 0.450. The third kappa shape index (κ3) is 6.12. The van der Waals surface area contributed by atoms with Crippen LogP contribution in [0.1, 0.15) is 30.4 Å². The molecule has 22 heavy (non-hydrogen) atoms. The fourth-order valence-corrected chi connectivity index (χ4v) is 2.72. The van der Waals surface area contributed by atoms with E-state index in [0.717, 1.165) is 24.6 Å². The van der Waals surface area contributed by atoms with E-state index in [2.05, 4.69) is 48.2 Å². The average molecular weight is 416 g/mol. The van der Waals surface area contributed by atoms with Crippen molar-refractivity contribution in [2.24, 2.45) is 16.6 Å². The highest BCUT2D eigenvalue weighted by Gasteiger charge is 2.15. The van der Waals surface area contributed by atoms with Gasteiger partial charge in [0.05, 0.1) is 0 Å². The molecule has 0 aliphatic carbocycles. The molecule has 0 unspecified atom stereocenters. The van der Waals surface area contributed by atoms with Gasteiger partial charge in [-0.2, -0.15) is 0 Å². The molecule has 124 valence electrons. The molecule has 0 aromatic heterocycles. The van der Waals surface area contributed by atoms with Crippen LogP contribution in [0.5, 0.6) is 0 Å². The molecular formula is C17H29IN4. The van der Waals surface area contributed by atoms with E-state index in [1.54, 1.807) is 0 Å². The van der Waals surface area contributed by atoms with Gasteiger partial charge >= 0.3 is 0 Å². The summed E-state index contributed by atoms with van der Waals surface area (Å²) in [5.41, 5.74) is 9.53. The van der Waals surface area contributed by atoms with Crippen molar-refractivity contribution in [1.29, 1.82) is 0 Å². The normalized spacial score (nSPS) is 17.1. The summed E-state index contributed by atoms with van der Waals surface area (Å²) in [7, 11) is 2.19. The van der Waals surface area contributed by atoms with Crippen LogP contribution in [-0.2, 0) is 0 Å². The molecule has 2 rings (SSSR count). The molecule has 3 N–H and O–H groups in total. The molecule has 4 nitrogen and oxygen atoms in total. The Bertz CT molecular complexity index is 493. The highest BCUT2D eigenvalue weighted by Crippen LogP contribution is 2.19. The summed E-state index contributed by atoms with van der Waals surface area (Å²) in [6.45, 7) is 7.46. The minimum Gasteiger partial charge on any atom is -0.370 e. The molecular weight excluding hydrogens is 387 g/mol. The predicted molar refractivity (Wildman–Crippen MR) is 106 cm³/mol. The minimum atomic E-state index is 0. The number of benzene rings is 1. The van der Waals surface area contributed by atoms with Crippen LogP contribution >= 0.6 is 24.0 Å². The predicted octanol–water partition coefficient (Wildman–Crippen LogP) is 3.38. The first-order valence-electron chi connectivity index (χ1n) is 7.87. The molecule has 0 amide bonds. The van der Waals surface area contributed by atoms with Crippen LogP contribution in [0.2, 0.25) is 0 Å². The summed E-state index contributed by atoms with van der Waals surface area (Å²) >= 11 is 0. The van der Waals surface area contributed by atoms with Crippen molar-refractivity contribution in [3.63, 3.8) is 0 Å². The number of piperidine rings is 1. The second-order valence-electron chi connectivity index (χ2n) is 6.23. The zero-order valence-corrected chi connectivity index (χ0v) is 16.3. The molecule has 1 aromatic carbocycles. The van der Waals surface area contributed by atoms with Gasteiger partial charge in [-0.05, 0) is 82.4 Å². The maximum atomic E-state index is 5.96. The van der Waals surface area contributed by atoms with Crippen molar-refractivity contribution < 1.29 is 0 Å². The monoisotopic (exact) mass is 416 g/mol. The van der Waals surface area contributed by atoms with E-state index in [9.17, 15) is 0 Å². The van der Waals surface area contributed by atoms with Crippen LogP contribution in [-0.4, -0.2) is 37.5 Å². The van der Waals surface area contributed by atoms with E-state index in [4.69, 9.17) is 5.73 Å². The van der Waals surface area contributed by atoms with E-state index in [1.165, 1.54) is 37.1 Å². The highest BCUT2D eigenvalue weighted by atomic mass is 127. The van der Waals surface area contributed by atoms with Gasteiger partial charge in [-0.1, -0.05) is 6.07 Å². The SMILES string of the molecule is Cc1ccc(NC(N)=NCCC2CCN(C)CC2)cc1C.I. The average Bonchev–Trinajstić information content (AvgIpc) is 2.45. The lowest BCUT2D eigenvalue weighted by Gasteiger charge is -2.28. The summed E-state index contributed by atoms with van der Waals surface area (Å²) in [6, 6.07) is 6.25. The zero-order chi connectivity index (χ0) is 15.2. The number of nitrogens with zero attached hydrogens (tertiary/aromatic N) is 2. The Morgan fingerprint density at radius 2 is 1.95 bits per heavy atom. The molecule has 5 heteroatoms. The number of nitrogens with one attached hydrogen (secondary N) is 1. The molecule has 0 saturated carbocycles. The molecule has 1 aliphatic rings. The topological polar surface area (TPSA) is 53.6 Å². The van der Waals surface area contributed by atoms with Crippen molar-refractivity contribution in [2.45, 2.75) is 33.1 Å². The smallest absolute Gasteiger partial charge is 0.193 e. The van der Waals surface area contributed by atoms with Crippen molar-refractivity contribution in [3.05, 3.63) is 29.3 Å². The van der Waals surface area contributed by atoms with Crippen molar-refractivity contribution in [3.8, 4) is 0 Å². The van der Waals surface area contributed by atoms with Gasteiger partial charge in [-0.15, -0.1) is 24.0 Å². The fourth-order valence-electron chi connectivity index (χ4n) is 2.72. The van der Waals surface area contributed by atoms with Gasteiger partial charge in [0.15, 0.2) is 5.96 Å². The molecule has 1 aromatic rings. The summed E-state index contributed by atoms with van der Waals surface area (Å²) in [5, 5.41) is 3.17. The van der Waals surface area contributed by atoms with Crippen LogP contribution in [0.4, 0.5) is 5.69 Å². The van der Waals surface area contributed by atoms with Crippen molar-refractivity contribution in [1.82, 2.24) is 4.90 Å². The van der Waals surface area contributed by atoms with E-state index in [1.807, 2.05) is 6.07 Å². The Morgan fingerprint density at radius 1 is 1.27 bits per heavy atom. The third-order valence-electron chi connectivity index (χ3n) is 4.44. The van der Waals surface area contributed by atoms with Gasteiger partial charge in [-0.25, -0.2) is 0 Å². The summed E-state index contributed by atoms with van der Waals surface area (Å²) in [6.07, 6.45) is 3.72. The molecule has 1 heterocycles. The number of hydrogen-bond acceptors (Lipinski definition) is 2. The molecule has 0 bridgehead atoms. The van der Waals surface area contributed by atoms with Gasteiger partial charge in [-0.3, -0.25) is 4.99 Å². The second-order valence-corrected chi connectivity index (χ2v) is 6.23. The van der Waals surface area contributed by atoms with Crippen molar-refractivity contribution in [2.75, 3.05) is 32.0 Å². The Balaban J connectivity index is 0.00000242. The number of hydrogen-bond donors (Lipinski definition) is 2. The zero-order valence-electron chi connectivity index (χ0n) is 13.9. The van der Waals surface area contributed by atoms with E-state index in [0.29, 0.717) is 5.96 Å². The third-order valence-corrected chi connectivity index (χ3v) is 4.44. The summed E-state index contributed by atoms with van der Waals surface area (Å²) < 4.78 is 0. The minimum absolute atomic E-state index is 0. The number of halogens is 1. The van der Waals surface area contributed by atoms with Crippen LogP contribution in [0.3, 0.4) is 0 Å². The Hall–Kier alpha value is -0.820. The lowest BCUT2D eigenvalue weighted by molar-refractivity contribution is 0.214. The van der Waals surface area contributed by atoms with Gasteiger partial charge in [0, 0.05) is 12.2 Å². The first-order valence-corrected chi connectivity index (χ1v) is 7.87. The van der Waals surface area contributed by atoms with Crippen LogP contribution in [0.25, 0.3) is 0 Å². The molecule has 1 fully saturated rings. The van der Waals surface area contributed by atoms with Crippen LogP contribution < -0.4 is 11.1 Å². The maximum Gasteiger partial charge on any atom is 0.193 e. The number of nitrogens with two attached hydrogens (primary N) is 1. The van der Waals surface area contributed by atoms with Crippen molar-refractivity contribution >= 4 is 35.6 Å². The standard InChI is InChI=1S/C17H28N4.HI/c1-13-4-5-16(12-14(13)2)20-17(18)19-9-6-15-7-10-21(3)11-8-15;/h4-5,12,15H,6-11H2,1-3H3,(H3,18,19,20);1H. The summed E-state index contributed by atoms with van der Waals surface area (Å²) in [4.78, 5) is 6.85. The Kier molecular flexibility index (Phi) is 8.17. The lowest BCUT2D eigenvalue weighted by atomic mass is 9.94. The highest BCUT2D eigenvalue weighted by molar-refractivity contribution is 14.0. The Labute approximate surface area is 151 Å². The number of anilines is 1. The second kappa shape index (κ2) is 9.35. The number of likely N-dealkylation sites (tertiary alicyclic amines) is 1. The Morgan fingerprint density at radius 3 is 2.59 bits per heavy atom. The fraction of sp³-hybridized carbons (Fsp3) is 0.588. The molecule has 0 spiro atoms. The van der Waals surface area contributed by atoms with Crippen LogP contribution in [0.15, 0.2) is 23.2 Å². The van der Waals surface area contributed by atoms with Crippen LogP contribution in [0, 0.1) is 19.8 Å². The number of rotatable bonds is 4. The van der Waals surface area contributed by atoms with Gasteiger partial charge < -0.3 is 16.0 Å². The molecule has 1 aliphatic heterocycles. The lowest BCUT2D eigenvalue weighted by Crippen LogP contribution is -2.30. The first-order chi connectivity index (χ1) is 10.0. The van der Waals surface area contributed by atoms with E-state index < -0.39 is 0 Å². The van der Waals surface area contributed by atoms with E-state index >= 15 is 0 Å².